The Bertz CT molecular complexity index is 473. The molecule has 1 spiro atoms. The molecule has 2 aliphatic rings. The number of hydrogen-bond acceptors (Lipinski definition) is 5. The summed E-state index contributed by atoms with van der Waals surface area (Å²) >= 11 is 1.79. The maximum atomic E-state index is 5.54. The molecule has 3 rings (SSSR count). The highest BCUT2D eigenvalue weighted by atomic mass is 32.2. The zero-order valence-corrected chi connectivity index (χ0v) is 12.2. The third-order valence-electron chi connectivity index (χ3n) is 3.74. The Balaban J connectivity index is 1.62. The zero-order valence-electron chi connectivity index (χ0n) is 11.4. The van der Waals surface area contributed by atoms with E-state index in [9.17, 15) is 0 Å². The average molecular weight is 281 g/mol. The molecule has 0 aliphatic carbocycles. The van der Waals surface area contributed by atoms with E-state index in [2.05, 4.69) is 15.3 Å². The van der Waals surface area contributed by atoms with Crippen molar-refractivity contribution in [2.24, 2.45) is 4.99 Å². The van der Waals surface area contributed by atoms with Crippen LogP contribution in [0.25, 0.3) is 0 Å². The Kier molecular flexibility index (Phi) is 3.54. The fourth-order valence-electron chi connectivity index (χ4n) is 2.37. The first kappa shape index (κ1) is 13.0. The van der Waals surface area contributed by atoms with E-state index in [-0.39, 0.29) is 5.54 Å². The summed E-state index contributed by atoms with van der Waals surface area (Å²) in [5.41, 5.74) is 1.15. The van der Waals surface area contributed by atoms with Gasteiger partial charge in [-0.05, 0) is 26.7 Å². The SMILES string of the molecule is Cc1nc(CN=C2NC3(CCOCC3)CS2)oc1C. The molecule has 5 nitrogen and oxygen atoms in total. The quantitative estimate of drug-likeness (QED) is 0.899. The molecule has 0 unspecified atom stereocenters. The number of nitrogens with zero attached hydrogens (tertiary/aromatic N) is 2. The van der Waals surface area contributed by atoms with E-state index in [0.717, 1.165) is 48.4 Å². The van der Waals surface area contributed by atoms with E-state index in [4.69, 9.17) is 9.15 Å². The second kappa shape index (κ2) is 5.17. The minimum atomic E-state index is 0.199. The van der Waals surface area contributed by atoms with Gasteiger partial charge >= 0.3 is 0 Å². The van der Waals surface area contributed by atoms with Gasteiger partial charge in [0.05, 0.1) is 11.2 Å². The molecule has 2 fully saturated rings. The number of amidine groups is 1. The van der Waals surface area contributed by atoms with Crippen molar-refractivity contribution in [3.8, 4) is 0 Å². The normalized spacial score (nSPS) is 24.0. The van der Waals surface area contributed by atoms with Crippen molar-refractivity contribution >= 4 is 16.9 Å². The molecule has 0 aromatic carbocycles. The highest BCUT2D eigenvalue weighted by molar-refractivity contribution is 8.14. The van der Waals surface area contributed by atoms with Crippen molar-refractivity contribution in [2.45, 2.75) is 38.8 Å². The minimum absolute atomic E-state index is 0.199. The van der Waals surface area contributed by atoms with Crippen LogP contribution in [-0.2, 0) is 11.3 Å². The lowest BCUT2D eigenvalue weighted by Gasteiger charge is -2.32. The number of aryl methyl sites for hydroxylation is 2. The first-order valence-corrected chi connectivity index (χ1v) is 7.62. The third-order valence-corrected chi connectivity index (χ3v) is 4.94. The van der Waals surface area contributed by atoms with E-state index in [1.54, 1.807) is 11.8 Å². The Morgan fingerprint density at radius 2 is 2.16 bits per heavy atom. The summed E-state index contributed by atoms with van der Waals surface area (Å²) in [5.74, 6) is 2.65. The van der Waals surface area contributed by atoms with E-state index < -0.39 is 0 Å². The molecule has 0 saturated carbocycles. The molecule has 104 valence electrons. The van der Waals surface area contributed by atoms with Crippen LogP contribution in [0.5, 0.6) is 0 Å². The van der Waals surface area contributed by atoms with E-state index in [1.807, 2.05) is 13.8 Å². The maximum Gasteiger partial charge on any atom is 0.216 e. The van der Waals surface area contributed by atoms with Crippen molar-refractivity contribution in [1.29, 1.82) is 0 Å². The number of aliphatic imine (C=N–C) groups is 1. The molecule has 0 atom stereocenters. The number of ether oxygens (including phenoxy) is 1. The van der Waals surface area contributed by atoms with Crippen molar-refractivity contribution in [3.05, 3.63) is 17.3 Å². The summed E-state index contributed by atoms with van der Waals surface area (Å²) in [5, 5.41) is 4.57. The predicted octanol–water partition coefficient (Wildman–Crippen LogP) is 2.03. The topological polar surface area (TPSA) is 59.7 Å². The van der Waals surface area contributed by atoms with Gasteiger partial charge in [0, 0.05) is 19.0 Å². The first-order valence-electron chi connectivity index (χ1n) is 6.63. The fraction of sp³-hybridized carbons (Fsp3) is 0.692. The molecule has 0 bridgehead atoms. The van der Waals surface area contributed by atoms with Gasteiger partial charge in [0.1, 0.15) is 12.3 Å². The molecule has 1 aromatic heterocycles. The maximum absolute atomic E-state index is 5.54. The van der Waals surface area contributed by atoms with Crippen LogP contribution in [-0.4, -0.2) is 34.7 Å². The molecule has 1 aromatic rings. The van der Waals surface area contributed by atoms with Crippen molar-refractivity contribution in [1.82, 2.24) is 10.3 Å². The van der Waals surface area contributed by atoms with E-state index in [0.29, 0.717) is 12.4 Å². The van der Waals surface area contributed by atoms with E-state index >= 15 is 0 Å². The molecular weight excluding hydrogens is 262 g/mol. The Labute approximate surface area is 117 Å². The first-order chi connectivity index (χ1) is 9.17. The number of nitrogens with one attached hydrogen (secondary N) is 1. The lowest BCUT2D eigenvalue weighted by Crippen LogP contribution is -2.48. The Hall–Kier alpha value is -1.01. The fourth-order valence-corrected chi connectivity index (χ4v) is 3.59. The molecule has 0 radical (unpaired) electrons. The van der Waals surface area contributed by atoms with Gasteiger partial charge in [-0.3, -0.25) is 4.99 Å². The molecule has 2 aliphatic heterocycles. The van der Waals surface area contributed by atoms with Crippen LogP contribution < -0.4 is 5.32 Å². The highest BCUT2D eigenvalue weighted by Gasteiger charge is 2.38. The van der Waals surface area contributed by atoms with Crippen LogP contribution in [0.3, 0.4) is 0 Å². The van der Waals surface area contributed by atoms with Gasteiger partial charge in [-0.2, -0.15) is 0 Å². The number of aromatic nitrogens is 1. The summed E-state index contributed by atoms with van der Waals surface area (Å²) in [4.78, 5) is 8.91. The molecule has 3 heterocycles. The van der Waals surface area contributed by atoms with Crippen LogP contribution in [0.1, 0.15) is 30.2 Å². The molecule has 2 saturated heterocycles. The Morgan fingerprint density at radius 1 is 1.37 bits per heavy atom. The summed E-state index contributed by atoms with van der Waals surface area (Å²) in [6.45, 7) is 6.09. The van der Waals surface area contributed by atoms with Gasteiger partial charge in [-0.1, -0.05) is 11.8 Å². The van der Waals surface area contributed by atoms with Crippen molar-refractivity contribution < 1.29 is 9.15 Å². The highest BCUT2D eigenvalue weighted by Crippen LogP contribution is 2.31. The molecule has 19 heavy (non-hydrogen) atoms. The monoisotopic (exact) mass is 281 g/mol. The second-order valence-corrected chi connectivity index (χ2v) is 6.14. The van der Waals surface area contributed by atoms with Gasteiger partial charge in [-0.15, -0.1) is 0 Å². The second-order valence-electron chi connectivity index (χ2n) is 5.18. The summed E-state index contributed by atoms with van der Waals surface area (Å²) in [7, 11) is 0. The third kappa shape index (κ3) is 2.79. The lowest BCUT2D eigenvalue weighted by atomic mass is 9.93. The van der Waals surface area contributed by atoms with Gasteiger partial charge in [0.2, 0.25) is 5.89 Å². The van der Waals surface area contributed by atoms with Crippen LogP contribution >= 0.6 is 11.8 Å². The molecule has 1 N–H and O–H groups in total. The van der Waals surface area contributed by atoms with Crippen molar-refractivity contribution in [2.75, 3.05) is 19.0 Å². The lowest BCUT2D eigenvalue weighted by molar-refractivity contribution is 0.0555. The number of thioether (sulfide) groups is 1. The number of oxazole rings is 1. The van der Waals surface area contributed by atoms with Crippen LogP contribution in [0, 0.1) is 13.8 Å². The van der Waals surface area contributed by atoms with Gasteiger partial charge in [0.25, 0.3) is 0 Å². The van der Waals surface area contributed by atoms with Crippen LogP contribution in [0.15, 0.2) is 9.41 Å². The Morgan fingerprint density at radius 3 is 2.84 bits per heavy atom. The summed E-state index contributed by atoms with van der Waals surface area (Å²) in [6.07, 6.45) is 2.13. The standard InChI is InChI=1S/C13H19N3O2S/c1-9-10(2)18-11(15-9)7-14-12-16-13(8-19-12)3-5-17-6-4-13/h3-8H2,1-2H3,(H,14,16). The number of hydrogen-bond donors (Lipinski definition) is 1. The van der Waals surface area contributed by atoms with Crippen LogP contribution in [0.4, 0.5) is 0 Å². The predicted molar refractivity (Wildman–Crippen MR) is 75.5 cm³/mol. The van der Waals surface area contributed by atoms with E-state index in [1.165, 1.54) is 0 Å². The van der Waals surface area contributed by atoms with Gasteiger partial charge in [0.15, 0.2) is 5.17 Å². The average Bonchev–Trinajstić information content (AvgIpc) is 2.93. The molecule has 6 heteroatoms. The summed E-state index contributed by atoms with van der Waals surface area (Å²) < 4.78 is 11.0. The number of rotatable bonds is 2. The van der Waals surface area contributed by atoms with Gasteiger partial charge < -0.3 is 14.5 Å². The summed E-state index contributed by atoms with van der Waals surface area (Å²) in [6, 6.07) is 0. The molecule has 0 amide bonds. The zero-order chi connectivity index (χ0) is 13.3. The minimum Gasteiger partial charge on any atom is -0.444 e. The smallest absolute Gasteiger partial charge is 0.216 e. The van der Waals surface area contributed by atoms with Crippen LogP contribution in [0.2, 0.25) is 0 Å². The van der Waals surface area contributed by atoms with Crippen molar-refractivity contribution in [3.63, 3.8) is 0 Å². The molecular formula is C13H19N3O2S. The largest absolute Gasteiger partial charge is 0.444 e. The van der Waals surface area contributed by atoms with Gasteiger partial charge in [-0.25, -0.2) is 4.98 Å².